The number of alkyl halides is 1. The molecule has 0 N–H and O–H groups in total. The number of carbonyl (C=O) groups excluding carboxylic acids is 1. The molecule has 2 nitrogen and oxygen atoms in total. The molecule has 0 heterocycles. The van der Waals surface area contributed by atoms with Gasteiger partial charge in [0.1, 0.15) is 0 Å². The Balaban J connectivity index is 2.13. The van der Waals surface area contributed by atoms with Crippen molar-refractivity contribution in [3.8, 4) is 0 Å². The maximum absolute atomic E-state index is 11.6. The van der Waals surface area contributed by atoms with Crippen LogP contribution in [0.3, 0.4) is 0 Å². The Morgan fingerprint density at radius 2 is 2.23 bits per heavy atom. The average Bonchev–Trinajstić information content (AvgIpc) is 2.06. The molecule has 1 aliphatic carbocycles. The van der Waals surface area contributed by atoms with E-state index >= 15 is 0 Å². The van der Waals surface area contributed by atoms with Crippen molar-refractivity contribution < 1.29 is 4.79 Å². The van der Waals surface area contributed by atoms with Crippen molar-refractivity contribution >= 4 is 21.8 Å². The number of amides is 1. The molecule has 0 radical (unpaired) electrons. The SMILES string of the molecule is CN(CCCBr)C(=O)CC1CCC1. The van der Waals surface area contributed by atoms with E-state index in [1.807, 2.05) is 11.9 Å². The van der Waals surface area contributed by atoms with E-state index in [1.54, 1.807) is 0 Å². The predicted octanol–water partition coefficient (Wildman–Crippen LogP) is 2.42. The molecule has 0 unspecified atom stereocenters. The van der Waals surface area contributed by atoms with E-state index in [0.717, 1.165) is 24.7 Å². The molecule has 0 spiro atoms. The summed E-state index contributed by atoms with van der Waals surface area (Å²) in [4.78, 5) is 13.4. The Morgan fingerprint density at radius 1 is 1.54 bits per heavy atom. The molecule has 0 aromatic carbocycles. The van der Waals surface area contributed by atoms with Crippen LogP contribution in [0.4, 0.5) is 0 Å². The van der Waals surface area contributed by atoms with Gasteiger partial charge in [-0.25, -0.2) is 0 Å². The maximum atomic E-state index is 11.6. The number of halogens is 1. The van der Waals surface area contributed by atoms with Crippen LogP contribution in [0, 0.1) is 5.92 Å². The summed E-state index contributed by atoms with van der Waals surface area (Å²) in [5.41, 5.74) is 0. The molecule has 0 atom stereocenters. The van der Waals surface area contributed by atoms with Crippen molar-refractivity contribution in [2.45, 2.75) is 32.1 Å². The van der Waals surface area contributed by atoms with Crippen molar-refractivity contribution in [3.63, 3.8) is 0 Å². The van der Waals surface area contributed by atoms with E-state index in [2.05, 4.69) is 15.9 Å². The molecule has 1 rings (SSSR count). The highest BCUT2D eigenvalue weighted by atomic mass is 79.9. The molecule has 0 aliphatic heterocycles. The summed E-state index contributed by atoms with van der Waals surface area (Å²) in [7, 11) is 1.91. The first kappa shape index (κ1) is 11.0. The molecule has 1 saturated carbocycles. The molecule has 0 saturated heterocycles. The minimum absolute atomic E-state index is 0.325. The van der Waals surface area contributed by atoms with Crippen LogP contribution in [0.15, 0.2) is 0 Å². The van der Waals surface area contributed by atoms with Crippen molar-refractivity contribution in [2.75, 3.05) is 18.9 Å². The summed E-state index contributed by atoms with van der Waals surface area (Å²) in [6.45, 7) is 0.886. The fraction of sp³-hybridized carbons (Fsp3) is 0.900. The molecule has 1 fully saturated rings. The quantitative estimate of drug-likeness (QED) is 0.684. The minimum Gasteiger partial charge on any atom is -0.346 e. The summed E-state index contributed by atoms with van der Waals surface area (Å²) >= 11 is 3.36. The number of rotatable bonds is 5. The van der Waals surface area contributed by atoms with E-state index in [-0.39, 0.29) is 0 Å². The third-order valence-electron chi connectivity index (χ3n) is 2.74. The first-order valence-corrected chi connectivity index (χ1v) is 6.16. The molecule has 76 valence electrons. The van der Waals surface area contributed by atoms with Gasteiger partial charge in [-0.3, -0.25) is 4.79 Å². The third-order valence-corrected chi connectivity index (χ3v) is 3.30. The second kappa shape index (κ2) is 5.63. The highest BCUT2D eigenvalue weighted by Crippen LogP contribution is 2.29. The zero-order valence-corrected chi connectivity index (χ0v) is 9.85. The van der Waals surface area contributed by atoms with Gasteiger partial charge in [0.05, 0.1) is 0 Å². The third kappa shape index (κ3) is 3.67. The average molecular weight is 248 g/mol. The van der Waals surface area contributed by atoms with Gasteiger partial charge in [0.2, 0.25) is 5.91 Å². The molecular weight excluding hydrogens is 230 g/mol. The smallest absolute Gasteiger partial charge is 0.222 e. The number of hydrogen-bond donors (Lipinski definition) is 0. The van der Waals surface area contributed by atoms with Crippen LogP contribution < -0.4 is 0 Å². The summed E-state index contributed by atoms with van der Waals surface area (Å²) in [6, 6.07) is 0. The lowest BCUT2D eigenvalue weighted by atomic mass is 9.83. The molecule has 0 aromatic heterocycles. The Labute approximate surface area is 88.8 Å². The first-order chi connectivity index (χ1) is 6.24. The molecule has 1 aliphatic rings. The fourth-order valence-corrected chi connectivity index (χ4v) is 1.77. The molecule has 13 heavy (non-hydrogen) atoms. The highest BCUT2D eigenvalue weighted by molar-refractivity contribution is 9.09. The van der Waals surface area contributed by atoms with Crippen LogP contribution in [-0.2, 0) is 4.79 Å². The van der Waals surface area contributed by atoms with Gasteiger partial charge in [-0.2, -0.15) is 0 Å². The van der Waals surface area contributed by atoms with Gasteiger partial charge < -0.3 is 4.90 Å². The van der Waals surface area contributed by atoms with Crippen LogP contribution in [0.25, 0.3) is 0 Å². The van der Waals surface area contributed by atoms with Crippen LogP contribution in [-0.4, -0.2) is 29.7 Å². The Morgan fingerprint density at radius 3 is 2.69 bits per heavy atom. The predicted molar refractivity (Wildman–Crippen MR) is 58.0 cm³/mol. The minimum atomic E-state index is 0.325. The summed E-state index contributed by atoms with van der Waals surface area (Å²) in [5, 5.41) is 0.980. The van der Waals surface area contributed by atoms with Crippen molar-refractivity contribution in [1.82, 2.24) is 4.90 Å². The van der Waals surface area contributed by atoms with Crippen molar-refractivity contribution in [2.24, 2.45) is 5.92 Å². The number of nitrogens with zero attached hydrogens (tertiary/aromatic N) is 1. The zero-order chi connectivity index (χ0) is 9.68. The Hall–Kier alpha value is -0.0500. The summed E-state index contributed by atoms with van der Waals surface area (Å²) in [5.74, 6) is 1.02. The highest BCUT2D eigenvalue weighted by Gasteiger charge is 2.21. The van der Waals surface area contributed by atoms with Gasteiger partial charge >= 0.3 is 0 Å². The lowest BCUT2D eigenvalue weighted by Gasteiger charge is -2.27. The largest absolute Gasteiger partial charge is 0.346 e. The van der Waals surface area contributed by atoms with Gasteiger partial charge in [0.15, 0.2) is 0 Å². The Bertz CT molecular complexity index is 168. The van der Waals surface area contributed by atoms with E-state index in [4.69, 9.17) is 0 Å². The summed E-state index contributed by atoms with van der Waals surface area (Å²) < 4.78 is 0. The van der Waals surface area contributed by atoms with Gasteiger partial charge in [-0.05, 0) is 25.2 Å². The van der Waals surface area contributed by atoms with Gasteiger partial charge in [0.25, 0.3) is 0 Å². The van der Waals surface area contributed by atoms with Crippen molar-refractivity contribution in [3.05, 3.63) is 0 Å². The fourth-order valence-electron chi connectivity index (χ4n) is 1.52. The Kier molecular flexibility index (Phi) is 4.78. The lowest BCUT2D eigenvalue weighted by Crippen LogP contribution is -2.31. The van der Waals surface area contributed by atoms with E-state index in [9.17, 15) is 4.79 Å². The topological polar surface area (TPSA) is 20.3 Å². The molecule has 0 bridgehead atoms. The van der Waals surface area contributed by atoms with Crippen LogP contribution in [0.2, 0.25) is 0 Å². The lowest BCUT2D eigenvalue weighted by molar-refractivity contribution is -0.131. The monoisotopic (exact) mass is 247 g/mol. The van der Waals surface area contributed by atoms with Crippen LogP contribution in [0.1, 0.15) is 32.1 Å². The second-order valence-electron chi connectivity index (χ2n) is 3.86. The van der Waals surface area contributed by atoms with Gasteiger partial charge in [0, 0.05) is 25.3 Å². The molecule has 0 aromatic rings. The van der Waals surface area contributed by atoms with Crippen LogP contribution >= 0.6 is 15.9 Å². The van der Waals surface area contributed by atoms with Gasteiger partial charge in [-0.15, -0.1) is 0 Å². The molecular formula is C10H18BrNO. The van der Waals surface area contributed by atoms with Gasteiger partial charge in [-0.1, -0.05) is 22.4 Å². The second-order valence-corrected chi connectivity index (χ2v) is 4.65. The van der Waals surface area contributed by atoms with Crippen LogP contribution in [0.5, 0.6) is 0 Å². The standard InChI is InChI=1S/C10H18BrNO/c1-12(7-3-6-11)10(13)8-9-4-2-5-9/h9H,2-8H2,1H3. The van der Waals surface area contributed by atoms with E-state index in [1.165, 1.54) is 19.3 Å². The number of hydrogen-bond acceptors (Lipinski definition) is 1. The zero-order valence-electron chi connectivity index (χ0n) is 8.26. The number of carbonyl (C=O) groups is 1. The molecule has 3 heteroatoms. The van der Waals surface area contributed by atoms with E-state index < -0.39 is 0 Å². The van der Waals surface area contributed by atoms with Crippen molar-refractivity contribution in [1.29, 1.82) is 0 Å². The normalized spacial score (nSPS) is 16.8. The summed E-state index contributed by atoms with van der Waals surface area (Å²) in [6.07, 6.45) is 5.67. The first-order valence-electron chi connectivity index (χ1n) is 5.04. The molecule has 1 amide bonds. The van der Waals surface area contributed by atoms with E-state index in [0.29, 0.717) is 11.8 Å². The maximum Gasteiger partial charge on any atom is 0.222 e.